The van der Waals surface area contributed by atoms with Crippen molar-refractivity contribution in [3.63, 3.8) is 0 Å². The Morgan fingerprint density at radius 2 is 2.00 bits per heavy atom. The lowest BCUT2D eigenvalue weighted by molar-refractivity contribution is -0.156. The average Bonchev–Trinajstić information content (AvgIpc) is 2.56. The molecule has 1 aliphatic rings. The van der Waals surface area contributed by atoms with Crippen molar-refractivity contribution in [1.82, 2.24) is 0 Å². The molecule has 1 N–H and O–H groups in total. The number of alkyl halides is 3. The van der Waals surface area contributed by atoms with Gasteiger partial charge < -0.3 is 5.11 Å². The van der Waals surface area contributed by atoms with Gasteiger partial charge in [0.15, 0.2) is 0 Å². The Bertz CT molecular complexity index is 581. The molecule has 2 atom stereocenters. The van der Waals surface area contributed by atoms with E-state index in [0.29, 0.717) is 5.56 Å². The van der Waals surface area contributed by atoms with Gasteiger partial charge in [0.1, 0.15) is 0 Å². The van der Waals surface area contributed by atoms with Crippen molar-refractivity contribution in [2.45, 2.75) is 30.4 Å². The molecule has 1 fully saturated rings. The highest BCUT2D eigenvalue weighted by Crippen LogP contribution is 2.47. The number of carbonyl (C=O) groups is 1. The second kappa shape index (κ2) is 4.69. The van der Waals surface area contributed by atoms with Gasteiger partial charge in [-0.25, -0.2) is 0 Å². The number of amides is 1. The number of carbonyl (C=O) groups excluding carboxylic acids is 1. The Labute approximate surface area is 119 Å². The first-order valence-corrected chi connectivity index (χ1v) is 6.28. The first kappa shape index (κ1) is 14.7. The molecular formula is C13H11ClF2N2O2. The van der Waals surface area contributed by atoms with E-state index >= 15 is 0 Å². The van der Waals surface area contributed by atoms with E-state index in [-0.39, 0.29) is 12.1 Å². The quantitative estimate of drug-likeness (QED) is 0.852. The first-order chi connectivity index (χ1) is 9.27. The van der Waals surface area contributed by atoms with E-state index in [1.165, 1.54) is 24.3 Å². The van der Waals surface area contributed by atoms with Gasteiger partial charge in [-0.05, 0) is 30.7 Å². The summed E-state index contributed by atoms with van der Waals surface area (Å²) in [6, 6.07) is 6.18. The van der Waals surface area contributed by atoms with Crippen LogP contribution in [0.15, 0.2) is 24.3 Å². The maximum absolute atomic E-state index is 13.8. The number of nitriles is 1. The molecule has 20 heavy (non-hydrogen) atoms. The van der Waals surface area contributed by atoms with Crippen molar-refractivity contribution < 1.29 is 18.7 Å². The third-order valence-electron chi connectivity index (χ3n) is 3.34. The Hall–Kier alpha value is -1.71. The SMILES string of the molecule is CC[C@@H]1N(c2ccc(C#N)cc2)C(=O)C(F)(F)[C@]1(O)Cl. The van der Waals surface area contributed by atoms with Crippen LogP contribution in [0.25, 0.3) is 0 Å². The fourth-order valence-corrected chi connectivity index (χ4v) is 2.60. The van der Waals surface area contributed by atoms with Crippen molar-refractivity contribution >= 4 is 23.2 Å². The lowest BCUT2D eigenvalue weighted by Gasteiger charge is -2.28. The molecule has 1 aliphatic heterocycles. The second-order valence-corrected chi connectivity index (χ2v) is 5.08. The number of rotatable bonds is 2. The van der Waals surface area contributed by atoms with Crippen LogP contribution in [0.1, 0.15) is 18.9 Å². The molecule has 0 aliphatic carbocycles. The predicted octanol–water partition coefficient (Wildman–Crippen LogP) is 2.25. The van der Waals surface area contributed by atoms with Crippen molar-refractivity contribution in [3.05, 3.63) is 29.8 Å². The number of nitrogens with zero attached hydrogens (tertiary/aromatic N) is 2. The number of hydrogen-bond acceptors (Lipinski definition) is 3. The lowest BCUT2D eigenvalue weighted by atomic mass is 10.1. The van der Waals surface area contributed by atoms with Gasteiger partial charge in [0.05, 0.1) is 17.7 Å². The molecule has 4 nitrogen and oxygen atoms in total. The van der Waals surface area contributed by atoms with E-state index in [1.54, 1.807) is 6.92 Å². The summed E-state index contributed by atoms with van der Waals surface area (Å²) in [6.07, 6.45) is 0.0569. The summed E-state index contributed by atoms with van der Waals surface area (Å²) in [6.45, 7) is 1.54. The molecule has 0 bridgehead atoms. The zero-order chi connectivity index (χ0) is 15.1. The van der Waals surface area contributed by atoms with Gasteiger partial charge >= 0.3 is 11.8 Å². The van der Waals surface area contributed by atoms with Crippen LogP contribution in [-0.2, 0) is 4.79 Å². The van der Waals surface area contributed by atoms with Crippen LogP contribution in [0, 0.1) is 11.3 Å². The Morgan fingerprint density at radius 1 is 1.45 bits per heavy atom. The summed E-state index contributed by atoms with van der Waals surface area (Å²) >= 11 is 5.51. The number of anilines is 1. The minimum Gasteiger partial charge on any atom is -0.368 e. The standard InChI is InChI=1S/C13H11ClF2N2O2/c1-2-10-12(14,20)13(15,16)11(19)18(10)9-5-3-8(7-17)4-6-9/h3-6,10,20H,2H2,1H3/t10-,12-/m0/s1. The van der Waals surface area contributed by atoms with Gasteiger partial charge in [0, 0.05) is 5.69 Å². The third-order valence-corrected chi connectivity index (χ3v) is 3.83. The van der Waals surface area contributed by atoms with Gasteiger partial charge in [-0.2, -0.15) is 14.0 Å². The maximum atomic E-state index is 13.8. The lowest BCUT2D eigenvalue weighted by Crippen LogP contribution is -2.47. The van der Waals surface area contributed by atoms with Crippen LogP contribution in [0.3, 0.4) is 0 Å². The first-order valence-electron chi connectivity index (χ1n) is 5.90. The molecule has 0 radical (unpaired) electrons. The molecule has 1 saturated heterocycles. The zero-order valence-corrected chi connectivity index (χ0v) is 11.2. The molecule has 1 aromatic carbocycles. The molecule has 106 valence electrons. The summed E-state index contributed by atoms with van der Waals surface area (Å²) in [4.78, 5) is 12.6. The minimum absolute atomic E-state index is 0.0569. The fraction of sp³-hybridized carbons (Fsp3) is 0.385. The second-order valence-electron chi connectivity index (χ2n) is 4.51. The monoisotopic (exact) mass is 300 g/mol. The highest BCUT2D eigenvalue weighted by molar-refractivity contribution is 6.29. The van der Waals surface area contributed by atoms with Crippen LogP contribution in [0.4, 0.5) is 14.5 Å². The van der Waals surface area contributed by atoms with E-state index in [1.807, 2.05) is 6.07 Å². The molecule has 0 spiro atoms. The molecule has 7 heteroatoms. The molecule has 0 saturated carbocycles. The van der Waals surface area contributed by atoms with Crippen molar-refractivity contribution in [2.24, 2.45) is 0 Å². The Balaban J connectivity index is 2.50. The summed E-state index contributed by atoms with van der Waals surface area (Å²) in [5, 5.41) is 15.5. The van der Waals surface area contributed by atoms with E-state index in [9.17, 15) is 18.7 Å². The fourth-order valence-electron chi connectivity index (χ4n) is 2.27. The van der Waals surface area contributed by atoms with Gasteiger partial charge in [0.25, 0.3) is 0 Å². The van der Waals surface area contributed by atoms with Crippen molar-refractivity contribution in [3.8, 4) is 6.07 Å². The molecule has 0 unspecified atom stereocenters. The van der Waals surface area contributed by atoms with Gasteiger partial charge in [0.2, 0.25) is 5.06 Å². The predicted molar refractivity (Wildman–Crippen MR) is 68.5 cm³/mol. The van der Waals surface area contributed by atoms with Crippen LogP contribution in [-0.4, -0.2) is 28.0 Å². The highest BCUT2D eigenvalue weighted by Gasteiger charge is 2.71. The molecular weight excluding hydrogens is 290 g/mol. The Kier molecular flexibility index (Phi) is 3.44. The van der Waals surface area contributed by atoms with E-state index in [2.05, 4.69) is 0 Å². The molecule has 1 amide bonds. The van der Waals surface area contributed by atoms with Crippen LogP contribution < -0.4 is 4.90 Å². The van der Waals surface area contributed by atoms with Gasteiger partial charge in [-0.15, -0.1) is 0 Å². The van der Waals surface area contributed by atoms with Crippen LogP contribution in [0.2, 0.25) is 0 Å². The maximum Gasteiger partial charge on any atom is 0.368 e. The summed E-state index contributed by atoms with van der Waals surface area (Å²) in [5.74, 6) is -5.62. The minimum atomic E-state index is -4.07. The van der Waals surface area contributed by atoms with Crippen molar-refractivity contribution in [1.29, 1.82) is 5.26 Å². The molecule has 1 heterocycles. The van der Waals surface area contributed by atoms with Crippen molar-refractivity contribution in [2.75, 3.05) is 4.90 Å². The average molecular weight is 301 g/mol. The number of hydrogen-bond donors (Lipinski definition) is 1. The molecule has 0 aromatic heterocycles. The normalized spacial score (nSPS) is 28.5. The molecule has 1 aromatic rings. The van der Waals surface area contributed by atoms with E-state index in [0.717, 1.165) is 4.90 Å². The van der Waals surface area contributed by atoms with Gasteiger partial charge in [-0.3, -0.25) is 9.69 Å². The van der Waals surface area contributed by atoms with Gasteiger partial charge in [-0.1, -0.05) is 18.5 Å². The number of benzene rings is 1. The van der Waals surface area contributed by atoms with E-state index in [4.69, 9.17) is 16.9 Å². The molecule has 2 rings (SSSR count). The third kappa shape index (κ3) is 1.86. The number of aliphatic hydroxyl groups is 1. The summed E-state index contributed by atoms with van der Waals surface area (Å²) in [7, 11) is 0. The zero-order valence-electron chi connectivity index (χ0n) is 10.5. The highest BCUT2D eigenvalue weighted by atomic mass is 35.5. The largest absolute Gasteiger partial charge is 0.368 e. The summed E-state index contributed by atoms with van der Waals surface area (Å²) < 4.78 is 27.6. The van der Waals surface area contributed by atoms with Crippen LogP contribution in [0.5, 0.6) is 0 Å². The smallest absolute Gasteiger partial charge is 0.368 e. The topological polar surface area (TPSA) is 64.3 Å². The summed E-state index contributed by atoms with van der Waals surface area (Å²) in [5.41, 5.74) is 0.499. The Morgan fingerprint density at radius 3 is 2.45 bits per heavy atom. The number of halogens is 3. The van der Waals surface area contributed by atoms with Crippen LogP contribution >= 0.6 is 11.6 Å². The van der Waals surface area contributed by atoms with E-state index < -0.39 is 22.9 Å².